The molecule has 10 heteroatoms. The Labute approximate surface area is 161 Å². The lowest BCUT2D eigenvalue weighted by Gasteiger charge is -2.08. The number of benzene rings is 1. The maximum atomic E-state index is 12.1. The quantitative estimate of drug-likeness (QED) is 0.519. The average molecular weight is 398 g/mol. The number of thioether (sulfide) groups is 1. The van der Waals surface area contributed by atoms with Crippen LogP contribution in [-0.4, -0.2) is 30.1 Å². The van der Waals surface area contributed by atoms with Gasteiger partial charge in [0.05, 0.1) is 11.4 Å². The largest absolute Gasteiger partial charge is 0.326 e. The summed E-state index contributed by atoms with van der Waals surface area (Å²) in [6.45, 7) is 1.46. The van der Waals surface area contributed by atoms with Crippen molar-refractivity contribution in [3.8, 4) is 5.69 Å². The van der Waals surface area contributed by atoms with Gasteiger partial charge in [-0.05, 0) is 18.2 Å². The normalized spacial score (nSPS) is 11.0. The van der Waals surface area contributed by atoms with Crippen LogP contribution in [0, 0.1) is 0 Å². The predicted octanol–water partition coefficient (Wildman–Crippen LogP) is 2.59. The van der Waals surface area contributed by atoms with Gasteiger partial charge in [0, 0.05) is 36.0 Å². The Kier molecular flexibility index (Phi) is 4.73. The second-order valence-electron chi connectivity index (χ2n) is 5.65. The fourth-order valence-corrected chi connectivity index (χ4v) is 4.10. The number of thiazole rings is 1. The molecule has 0 spiro atoms. The van der Waals surface area contributed by atoms with Crippen molar-refractivity contribution in [3.63, 3.8) is 0 Å². The summed E-state index contributed by atoms with van der Waals surface area (Å²) in [7, 11) is 0. The fraction of sp³-hybridized carbons (Fsp3) is 0.118. The Balaban J connectivity index is 1.57. The monoisotopic (exact) mass is 398 g/mol. The van der Waals surface area contributed by atoms with Crippen LogP contribution in [0.25, 0.3) is 10.6 Å². The third-order valence-electron chi connectivity index (χ3n) is 3.67. The fourth-order valence-electron chi connectivity index (χ4n) is 2.54. The molecule has 0 aliphatic rings. The lowest BCUT2D eigenvalue weighted by Crippen LogP contribution is -2.12. The van der Waals surface area contributed by atoms with Crippen molar-refractivity contribution >= 4 is 39.7 Å². The van der Waals surface area contributed by atoms with E-state index in [1.165, 1.54) is 40.5 Å². The number of rotatable bonds is 5. The van der Waals surface area contributed by atoms with Crippen LogP contribution in [0.15, 0.2) is 58.2 Å². The van der Waals surface area contributed by atoms with Gasteiger partial charge in [0.2, 0.25) is 5.91 Å². The van der Waals surface area contributed by atoms with Gasteiger partial charge < -0.3 is 5.32 Å². The first-order chi connectivity index (χ1) is 13.1. The summed E-state index contributed by atoms with van der Waals surface area (Å²) in [5.41, 5.74) is 2.12. The summed E-state index contributed by atoms with van der Waals surface area (Å²) >= 11 is 2.86. The molecule has 4 rings (SSSR count). The zero-order chi connectivity index (χ0) is 18.8. The van der Waals surface area contributed by atoms with E-state index in [0.29, 0.717) is 27.3 Å². The van der Waals surface area contributed by atoms with E-state index in [-0.39, 0.29) is 11.5 Å². The summed E-state index contributed by atoms with van der Waals surface area (Å²) in [4.78, 5) is 28.5. The molecule has 27 heavy (non-hydrogen) atoms. The van der Waals surface area contributed by atoms with Crippen LogP contribution in [0.2, 0.25) is 0 Å². The Morgan fingerprint density at radius 1 is 1.33 bits per heavy atom. The van der Waals surface area contributed by atoms with Gasteiger partial charge in [0.25, 0.3) is 5.56 Å². The van der Waals surface area contributed by atoms with Gasteiger partial charge in [-0.2, -0.15) is 0 Å². The van der Waals surface area contributed by atoms with E-state index in [1.54, 1.807) is 12.5 Å². The number of hydrogen-bond acceptors (Lipinski definition) is 7. The molecule has 3 heterocycles. The minimum absolute atomic E-state index is 0.0960. The van der Waals surface area contributed by atoms with Crippen molar-refractivity contribution in [2.45, 2.75) is 17.8 Å². The van der Waals surface area contributed by atoms with Crippen LogP contribution in [-0.2, 0) is 10.5 Å². The summed E-state index contributed by atoms with van der Waals surface area (Å²) in [5.74, 6) is 0.361. The predicted molar refractivity (Wildman–Crippen MR) is 105 cm³/mol. The van der Waals surface area contributed by atoms with Crippen molar-refractivity contribution in [1.29, 1.82) is 0 Å². The molecule has 0 saturated carbocycles. The van der Waals surface area contributed by atoms with Crippen LogP contribution >= 0.6 is 23.1 Å². The molecule has 0 bridgehead atoms. The maximum Gasteiger partial charge on any atom is 0.258 e. The van der Waals surface area contributed by atoms with Crippen molar-refractivity contribution in [3.05, 3.63) is 64.3 Å². The summed E-state index contributed by atoms with van der Waals surface area (Å²) in [6, 6.07) is 8.95. The third kappa shape index (κ3) is 3.76. The van der Waals surface area contributed by atoms with Gasteiger partial charge in [0.1, 0.15) is 6.33 Å². The first-order valence-electron chi connectivity index (χ1n) is 7.97. The van der Waals surface area contributed by atoms with Crippen molar-refractivity contribution < 1.29 is 4.79 Å². The van der Waals surface area contributed by atoms with Gasteiger partial charge in [-0.1, -0.05) is 17.8 Å². The SMILES string of the molecule is CC(=O)Nc1cccc(-n2cnnc2SCc2cc(=O)n3ccsc3n2)c1. The first kappa shape index (κ1) is 17.4. The van der Waals surface area contributed by atoms with E-state index < -0.39 is 0 Å². The highest BCUT2D eigenvalue weighted by atomic mass is 32.2. The minimum atomic E-state index is -0.133. The lowest BCUT2D eigenvalue weighted by molar-refractivity contribution is -0.114. The second kappa shape index (κ2) is 7.33. The van der Waals surface area contributed by atoms with Crippen molar-refractivity contribution in [1.82, 2.24) is 24.1 Å². The number of fused-ring (bicyclic) bond motifs is 1. The molecule has 3 aromatic heterocycles. The Morgan fingerprint density at radius 2 is 2.22 bits per heavy atom. The number of nitrogens with one attached hydrogen (secondary N) is 1. The smallest absolute Gasteiger partial charge is 0.258 e. The Morgan fingerprint density at radius 3 is 3.07 bits per heavy atom. The van der Waals surface area contributed by atoms with Gasteiger partial charge in [-0.15, -0.1) is 21.5 Å². The molecule has 0 aliphatic carbocycles. The molecular formula is C17H14N6O2S2. The highest BCUT2D eigenvalue weighted by Gasteiger charge is 2.10. The molecule has 0 fully saturated rings. The van der Waals surface area contributed by atoms with Gasteiger partial charge in [0.15, 0.2) is 10.1 Å². The zero-order valence-corrected chi connectivity index (χ0v) is 15.8. The molecule has 1 N–H and O–H groups in total. The van der Waals surface area contributed by atoms with E-state index in [4.69, 9.17) is 0 Å². The molecule has 0 radical (unpaired) electrons. The number of aromatic nitrogens is 5. The van der Waals surface area contributed by atoms with E-state index in [0.717, 1.165) is 5.69 Å². The molecular weight excluding hydrogens is 384 g/mol. The maximum absolute atomic E-state index is 12.1. The molecule has 1 amide bonds. The number of carbonyl (C=O) groups excluding carboxylic acids is 1. The van der Waals surface area contributed by atoms with Crippen LogP contribution in [0.4, 0.5) is 5.69 Å². The number of amides is 1. The molecule has 4 aromatic rings. The number of carbonyl (C=O) groups is 1. The average Bonchev–Trinajstić information content (AvgIpc) is 3.29. The Bertz CT molecular complexity index is 1180. The van der Waals surface area contributed by atoms with Crippen LogP contribution in [0.1, 0.15) is 12.6 Å². The van der Waals surface area contributed by atoms with Gasteiger partial charge in [-0.25, -0.2) is 4.98 Å². The van der Waals surface area contributed by atoms with E-state index in [1.807, 2.05) is 34.2 Å². The number of nitrogens with zero attached hydrogens (tertiary/aromatic N) is 5. The van der Waals surface area contributed by atoms with Crippen molar-refractivity contribution in [2.24, 2.45) is 0 Å². The topological polar surface area (TPSA) is 94.2 Å². The second-order valence-corrected chi connectivity index (χ2v) is 7.46. The van der Waals surface area contributed by atoms with Crippen molar-refractivity contribution in [2.75, 3.05) is 5.32 Å². The van der Waals surface area contributed by atoms with Crippen LogP contribution in [0.5, 0.6) is 0 Å². The van der Waals surface area contributed by atoms with Gasteiger partial charge >= 0.3 is 0 Å². The molecule has 1 aromatic carbocycles. The van der Waals surface area contributed by atoms with E-state index in [9.17, 15) is 9.59 Å². The van der Waals surface area contributed by atoms with Crippen LogP contribution in [0.3, 0.4) is 0 Å². The lowest BCUT2D eigenvalue weighted by atomic mass is 10.2. The first-order valence-corrected chi connectivity index (χ1v) is 9.83. The number of anilines is 1. The zero-order valence-electron chi connectivity index (χ0n) is 14.2. The molecule has 136 valence electrons. The summed E-state index contributed by atoms with van der Waals surface area (Å²) < 4.78 is 3.35. The summed E-state index contributed by atoms with van der Waals surface area (Å²) in [6.07, 6.45) is 3.32. The molecule has 0 unspecified atom stereocenters. The van der Waals surface area contributed by atoms with Crippen LogP contribution < -0.4 is 10.9 Å². The number of hydrogen-bond donors (Lipinski definition) is 1. The van der Waals surface area contributed by atoms with E-state index in [2.05, 4.69) is 20.5 Å². The third-order valence-corrected chi connectivity index (χ3v) is 5.40. The minimum Gasteiger partial charge on any atom is -0.326 e. The summed E-state index contributed by atoms with van der Waals surface area (Å²) in [5, 5.41) is 13.4. The van der Waals surface area contributed by atoms with E-state index >= 15 is 0 Å². The molecule has 0 atom stereocenters. The highest BCUT2D eigenvalue weighted by Crippen LogP contribution is 2.24. The Hall–Kier alpha value is -2.98. The van der Waals surface area contributed by atoms with Gasteiger partial charge in [-0.3, -0.25) is 18.6 Å². The standard InChI is InChI=1S/C17H14N6O2S2/c1-11(24)19-12-3-2-4-14(7-12)23-10-18-21-17(23)27-9-13-8-15(25)22-5-6-26-16(22)20-13/h2-8,10H,9H2,1H3,(H,19,24). The molecule has 0 saturated heterocycles. The molecule has 8 nitrogen and oxygen atoms in total. The molecule has 0 aliphatic heterocycles. The highest BCUT2D eigenvalue weighted by molar-refractivity contribution is 7.98.